The van der Waals surface area contributed by atoms with E-state index in [2.05, 4.69) is 35.0 Å². The molecule has 8 nitrogen and oxygen atoms in total. The van der Waals surface area contributed by atoms with Crippen molar-refractivity contribution in [1.82, 2.24) is 35.0 Å². The molecule has 5 heterocycles. The molecule has 37 heavy (non-hydrogen) atoms. The number of hydrogen-bond donors (Lipinski definition) is 2. The fraction of sp³-hybridized carbons (Fsp3) is 0.143. The predicted molar refractivity (Wildman–Crippen MR) is 142 cm³/mol. The molecule has 6 aromatic rings. The number of benzene rings is 1. The Bertz CT molecular complexity index is 1720. The summed E-state index contributed by atoms with van der Waals surface area (Å²) in [6.07, 6.45) is 6.96. The Balaban J connectivity index is 1.39. The zero-order chi connectivity index (χ0) is 25.4. The molecular weight excluding hydrogens is 469 g/mol. The monoisotopic (exact) mass is 493 g/mol. The highest BCUT2D eigenvalue weighted by Crippen LogP contribution is 2.34. The zero-order valence-electron chi connectivity index (χ0n) is 20.4. The van der Waals surface area contributed by atoms with E-state index in [0.717, 1.165) is 39.7 Å². The summed E-state index contributed by atoms with van der Waals surface area (Å²) in [5, 5.41) is 9.21. The van der Waals surface area contributed by atoms with Crippen molar-refractivity contribution in [3.8, 4) is 39.5 Å². The molecule has 0 bridgehead atoms. The molecule has 1 aromatic carbocycles. The number of halogens is 1. The second-order valence-electron chi connectivity index (χ2n) is 9.04. The van der Waals surface area contributed by atoms with Crippen LogP contribution < -0.4 is 4.74 Å². The standard InChI is InChI=1S/C28H24FN7O/c1-36(2)9-10-37-19-11-17(14-30-16-19)18-12-22-27(34-35-28(22)32-15-18)25-13-21-24(33-25)7-8-31-26(21)20-5-3-4-6-23(20)29/h3-8,11-16,33H,9-10H2,1-2H3,(H,32,34,35). The van der Waals surface area contributed by atoms with E-state index in [9.17, 15) is 4.39 Å². The van der Waals surface area contributed by atoms with Crippen LogP contribution >= 0.6 is 0 Å². The van der Waals surface area contributed by atoms with Crippen molar-refractivity contribution in [3.05, 3.63) is 79.1 Å². The van der Waals surface area contributed by atoms with Gasteiger partial charge in [0.1, 0.15) is 23.9 Å². The smallest absolute Gasteiger partial charge is 0.155 e. The van der Waals surface area contributed by atoms with Crippen LogP contribution in [0.15, 0.2) is 73.3 Å². The lowest BCUT2D eigenvalue weighted by molar-refractivity contribution is 0.261. The minimum atomic E-state index is -0.314. The minimum Gasteiger partial charge on any atom is -0.491 e. The molecule has 0 aliphatic heterocycles. The van der Waals surface area contributed by atoms with Gasteiger partial charge in [0, 0.05) is 58.1 Å². The third kappa shape index (κ3) is 4.41. The highest BCUT2D eigenvalue weighted by molar-refractivity contribution is 6.00. The molecule has 5 aromatic heterocycles. The van der Waals surface area contributed by atoms with Gasteiger partial charge in [0.2, 0.25) is 0 Å². The average molecular weight is 494 g/mol. The van der Waals surface area contributed by atoms with Crippen LogP contribution in [0.4, 0.5) is 4.39 Å². The summed E-state index contributed by atoms with van der Waals surface area (Å²) in [5.41, 5.74) is 5.82. The summed E-state index contributed by atoms with van der Waals surface area (Å²) in [6, 6.07) is 14.5. The van der Waals surface area contributed by atoms with Crippen molar-refractivity contribution in [1.29, 1.82) is 0 Å². The maximum Gasteiger partial charge on any atom is 0.155 e. The number of ether oxygens (including phenoxy) is 1. The van der Waals surface area contributed by atoms with Gasteiger partial charge >= 0.3 is 0 Å². The molecule has 2 N–H and O–H groups in total. The lowest BCUT2D eigenvalue weighted by Crippen LogP contribution is -2.19. The van der Waals surface area contributed by atoms with E-state index in [4.69, 9.17) is 4.74 Å². The molecule has 0 atom stereocenters. The van der Waals surface area contributed by atoms with Crippen molar-refractivity contribution in [2.75, 3.05) is 27.2 Å². The van der Waals surface area contributed by atoms with Crippen LogP contribution in [0.25, 0.3) is 55.7 Å². The number of H-pyrrole nitrogens is 2. The molecule has 0 fully saturated rings. The van der Waals surface area contributed by atoms with E-state index >= 15 is 0 Å². The number of pyridine rings is 3. The minimum absolute atomic E-state index is 0.314. The summed E-state index contributed by atoms with van der Waals surface area (Å²) < 4.78 is 20.4. The van der Waals surface area contributed by atoms with Gasteiger partial charge in [-0.3, -0.25) is 15.1 Å². The lowest BCUT2D eigenvalue weighted by Gasteiger charge is -2.11. The first-order chi connectivity index (χ1) is 18.1. The SMILES string of the molecule is CN(C)CCOc1cncc(-c2cnc3[nH]nc(-c4cc5c(-c6ccccc6F)nccc5[nH]4)c3c2)c1. The molecule has 0 saturated heterocycles. The van der Waals surface area contributed by atoms with E-state index in [1.807, 2.05) is 38.4 Å². The summed E-state index contributed by atoms with van der Waals surface area (Å²) in [7, 11) is 4.01. The van der Waals surface area contributed by atoms with Crippen molar-refractivity contribution >= 4 is 21.9 Å². The molecule has 9 heteroatoms. The quantitative estimate of drug-likeness (QED) is 0.313. The lowest BCUT2D eigenvalue weighted by atomic mass is 10.1. The van der Waals surface area contributed by atoms with E-state index in [-0.39, 0.29) is 5.82 Å². The van der Waals surface area contributed by atoms with E-state index in [1.54, 1.807) is 43.0 Å². The highest BCUT2D eigenvalue weighted by atomic mass is 19.1. The number of aromatic nitrogens is 6. The summed E-state index contributed by atoms with van der Waals surface area (Å²) >= 11 is 0. The van der Waals surface area contributed by atoms with Gasteiger partial charge in [-0.25, -0.2) is 9.37 Å². The van der Waals surface area contributed by atoms with Crippen LogP contribution in [0.5, 0.6) is 5.75 Å². The van der Waals surface area contributed by atoms with Gasteiger partial charge in [-0.2, -0.15) is 5.10 Å². The molecule has 184 valence electrons. The highest BCUT2D eigenvalue weighted by Gasteiger charge is 2.17. The maximum atomic E-state index is 14.5. The molecule has 0 spiro atoms. The molecule has 0 saturated carbocycles. The second kappa shape index (κ2) is 9.44. The maximum absolute atomic E-state index is 14.5. The largest absolute Gasteiger partial charge is 0.491 e. The second-order valence-corrected chi connectivity index (χ2v) is 9.04. The molecule has 0 unspecified atom stereocenters. The van der Waals surface area contributed by atoms with Crippen molar-refractivity contribution in [3.63, 3.8) is 0 Å². The number of hydrogen-bond acceptors (Lipinski definition) is 6. The zero-order valence-corrected chi connectivity index (χ0v) is 20.4. The van der Waals surface area contributed by atoms with Gasteiger partial charge in [-0.05, 0) is 50.5 Å². The molecular formula is C28H24FN7O. The third-order valence-electron chi connectivity index (χ3n) is 6.20. The Kier molecular flexibility index (Phi) is 5.82. The van der Waals surface area contributed by atoms with Crippen LogP contribution in [0.1, 0.15) is 0 Å². The average Bonchev–Trinajstić information content (AvgIpc) is 3.52. The first-order valence-electron chi connectivity index (χ1n) is 11.9. The number of nitrogens with one attached hydrogen (secondary N) is 2. The normalized spacial score (nSPS) is 11.6. The van der Waals surface area contributed by atoms with Gasteiger partial charge in [0.15, 0.2) is 5.65 Å². The Labute approximate surface area is 212 Å². The van der Waals surface area contributed by atoms with E-state index < -0.39 is 0 Å². The number of rotatable bonds is 7. The van der Waals surface area contributed by atoms with Crippen molar-refractivity contribution < 1.29 is 9.13 Å². The first-order valence-corrected chi connectivity index (χ1v) is 11.9. The van der Waals surface area contributed by atoms with E-state index in [0.29, 0.717) is 35.0 Å². The van der Waals surface area contributed by atoms with Crippen LogP contribution in [0.2, 0.25) is 0 Å². The Morgan fingerprint density at radius 1 is 0.919 bits per heavy atom. The predicted octanol–water partition coefficient (Wildman–Crippen LogP) is 5.31. The van der Waals surface area contributed by atoms with Crippen molar-refractivity contribution in [2.24, 2.45) is 0 Å². The number of nitrogens with zero attached hydrogens (tertiary/aromatic N) is 5. The topological polar surface area (TPSA) is 95.6 Å². The van der Waals surface area contributed by atoms with Gasteiger partial charge in [-0.1, -0.05) is 12.1 Å². The third-order valence-corrected chi connectivity index (χ3v) is 6.20. The molecule has 0 amide bonds. The Morgan fingerprint density at radius 2 is 1.78 bits per heavy atom. The van der Waals surface area contributed by atoms with Crippen LogP contribution in [-0.2, 0) is 0 Å². The van der Waals surface area contributed by atoms with Gasteiger partial charge < -0.3 is 14.6 Å². The molecule has 6 rings (SSSR count). The van der Waals surface area contributed by atoms with Gasteiger partial charge in [-0.15, -0.1) is 0 Å². The first kappa shape index (κ1) is 22.8. The summed E-state index contributed by atoms with van der Waals surface area (Å²) in [6.45, 7) is 1.39. The van der Waals surface area contributed by atoms with E-state index in [1.165, 1.54) is 6.07 Å². The molecule has 0 radical (unpaired) electrons. The Hall–Kier alpha value is -4.63. The fourth-order valence-electron chi connectivity index (χ4n) is 4.32. The fourth-order valence-corrected chi connectivity index (χ4v) is 4.32. The summed E-state index contributed by atoms with van der Waals surface area (Å²) in [5.74, 6) is 0.390. The van der Waals surface area contributed by atoms with Gasteiger partial charge in [0.25, 0.3) is 0 Å². The van der Waals surface area contributed by atoms with Crippen LogP contribution in [0.3, 0.4) is 0 Å². The number of aromatic amines is 2. The number of likely N-dealkylation sites (N-methyl/N-ethyl adjacent to an activating group) is 1. The van der Waals surface area contributed by atoms with Crippen molar-refractivity contribution in [2.45, 2.75) is 0 Å². The summed E-state index contributed by atoms with van der Waals surface area (Å²) in [4.78, 5) is 18.9. The van der Waals surface area contributed by atoms with Gasteiger partial charge in [0.05, 0.1) is 17.6 Å². The van der Waals surface area contributed by atoms with Crippen LogP contribution in [-0.4, -0.2) is 62.3 Å². The Morgan fingerprint density at radius 3 is 2.65 bits per heavy atom. The number of fused-ring (bicyclic) bond motifs is 2. The van der Waals surface area contributed by atoms with Crippen LogP contribution in [0, 0.1) is 5.82 Å². The molecule has 0 aliphatic rings. The molecule has 0 aliphatic carbocycles.